The van der Waals surface area contributed by atoms with E-state index < -0.39 is 17.8 Å². The molecule has 31 heavy (non-hydrogen) atoms. The summed E-state index contributed by atoms with van der Waals surface area (Å²) in [5.41, 5.74) is 1.97. The van der Waals surface area contributed by atoms with Crippen LogP contribution in [-0.2, 0) is 6.54 Å². The van der Waals surface area contributed by atoms with Crippen molar-refractivity contribution >= 4 is 28.5 Å². The Morgan fingerprint density at radius 1 is 1.03 bits per heavy atom. The van der Waals surface area contributed by atoms with Crippen LogP contribution in [0, 0.1) is 12.7 Å². The monoisotopic (exact) mass is 433 g/mol. The van der Waals surface area contributed by atoms with Crippen molar-refractivity contribution in [2.75, 3.05) is 0 Å². The maximum Gasteiger partial charge on any atom is 0.291 e. The number of amides is 1. The van der Waals surface area contributed by atoms with Gasteiger partial charge in [0.1, 0.15) is 11.4 Å². The fraction of sp³-hybridized carbons (Fsp3) is 0.120. The van der Waals surface area contributed by atoms with Gasteiger partial charge in [-0.1, -0.05) is 59.6 Å². The summed E-state index contributed by atoms with van der Waals surface area (Å²) in [5, 5.41) is 0.853. The number of fused-ring (bicyclic) bond motifs is 2. The number of hydrogen-bond acceptors (Lipinski definition) is 3. The third-order valence-electron chi connectivity index (χ3n) is 5.62. The van der Waals surface area contributed by atoms with Gasteiger partial charge in [-0.05, 0) is 36.8 Å². The van der Waals surface area contributed by atoms with Crippen LogP contribution in [0.25, 0.3) is 11.0 Å². The lowest BCUT2D eigenvalue weighted by Crippen LogP contribution is -2.30. The molecule has 0 radical (unpaired) electrons. The number of carbonyl (C=O) groups is 1. The molecule has 5 rings (SSSR count). The molecule has 3 aromatic carbocycles. The molecule has 1 aliphatic rings. The highest BCUT2D eigenvalue weighted by molar-refractivity contribution is 6.31. The fourth-order valence-corrected chi connectivity index (χ4v) is 4.32. The number of rotatable bonds is 3. The maximum atomic E-state index is 14.9. The minimum absolute atomic E-state index is 0.0540. The van der Waals surface area contributed by atoms with Crippen LogP contribution in [-0.4, -0.2) is 10.8 Å². The van der Waals surface area contributed by atoms with Crippen LogP contribution < -0.4 is 5.43 Å². The zero-order chi connectivity index (χ0) is 21.7. The molecule has 2 heterocycles. The van der Waals surface area contributed by atoms with E-state index in [0.717, 1.165) is 5.56 Å². The summed E-state index contributed by atoms with van der Waals surface area (Å²) < 4.78 is 20.8. The van der Waals surface area contributed by atoms with Crippen molar-refractivity contribution in [1.82, 2.24) is 4.90 Å². The number of halogens is 2. The van der Waals surface area contributed by atoms with Gasteiger partial charge in [0.25, 0.3) is 5.91 Å². The molecule has 0 saturated heterocycles. The Balaban J connectivity index is 1.77. The molecular weight excluding hydrogens is 417 g/mol. The van der Waals surface area contributed by atoms with Crippen LogP contribution in [0.2, 0.25) is 5.02 Å². The van der Waals surface area contributed by atoms with Crippen molar-refractivity contribution in [3.05, 3.63) is 116 Å². The van der Waals surface area contributed by atoms with Gasteiger partial charge in [0.05, 0.1) is 17.0 Å². The second kappa shape index (κ2) is 7.36. The Bertz CT molecular complexity index is 1410. The molecule has 0 spiro atoms. The van der Waals surface area contributed by atoms with Crippen molar-refractivity contribution in [1.29, 1.82) is 0 Å². The smallest absolute Gasteiger partial charge is 0.291 e. The molecule has 1 aromatic heterocycles. The van der Waals surface area contributed by atoms with Crippen LogP contribution in [0.3, 0.4) is 0 Å². The first-order valence-electron chi connectivity index (χ1n) is 9.82. The number of nitrogens with zero attached hydrogens (tertiary/aromatic N) is 1. The summed E-state index contributed by atoms with van der Waals surface area (Å²) in [6, 6.07) is 17.6. The van der Waals surface area contributed by atoms with Gasteiger partial charge >= 0.3 is 0 Å². The number of benzene rings is 3. The first-order chi connectivity index (χ1) is 15.0. The summed E-state index contributed by atoms with van der Waals surface area (Å²) in [7, 11) is 0. The number of aryl methyl sites for hydroxylation is 1. The summed E-state index contributed by atoms with van der Waals surface area (Å²) in [6.07, 6.45) is 0. The highest BCUT2D eigenvalue weighted by Crippen LogP contribution is 2.40. The molecule has 6 heteroatoms. The molecule has 1 amide bonds. The third kappa shape index (κ3) is 3.13. The Morgan fingerprint density at radius 3 is 2.55 bits per heavy atom. The average molecular weight is 434 g/mol. The van der Waals surface area contributed by atoms with Crippen molar-refractivity contribution in [2.45, 2.75) is 19.5 Å². The molecule has 4 nitrogen and oxygen atoms in total. The molecule has 1 aliphatic heterocycles. The predicted octanol–water partition coefficient (Wildman–Crippen LogP) is 5.64. The Labute approximate surface area is 182 Å². The molecule has 0 fully saturated rings. The van der Waals surface area contributed by atoms with E-state index in [1.165, 1.54) is 11.0 Å². The fourth-order valence-electron chi connectivity index (χ4n) is 4.13. The third-order valence-corrected chi connectivity index (χ3v) is 5.99. The first-order valence-corrected chi connectivity index (χ1v) is 10.2. The Hall–Kier alpha value is -3.44. The van der Waals surface area contributed by atoms with Crippen LogP contribution in [0.4, 0.5) is 4.39 Å². The summed E-state index contributed by atoms with van der Waals surface area (Å²) in [5.74, 6) is -1.02. The van der Waals surface area contributed by atoms with Gasteiger partial charge in [-0.3, -0.25) is 9.59 Å². The van der Waals surface area contributed by atoms with E-state index in [1.807, 2.05) is 19.1 Å². The minimum atomic E-state index is -0.916. The number of hydrogen-bond donors (Lipinski definition) is 0. The first kappa shape index (κ1) is 19.5. The molecule has 154 valence electrons. The second-order valence-corrected chi connectivity index (χ2v) is 8.03. The largest absolute Gasteiger partial charge is 0.450 e. The maximum absolute atomic E-state index is 14.9. The topological polar surface area (TPSA) is 50.5 Å². The Kier molecular flexibility index (Phi) is 4.63. The second-order valence-electron chi connectivity index (χ2n) is 7.62. The van der Waals surface area contributed by atoms with Crippen molar-refractivity contribution < 1.29 is 13.6 Å². The van der Waals surface area contributed by atoms with Gasteiger partial charge in [0.2, 0.25) is 5.76 Å². The molecule has 0 bridgehead atoms. The lowest BCUT2D eigenvalue weighted by Gasteiger charge is -2.26. The zero-order valence-corrected chi connectivity index (χ0v) is 17.3. The molecular formula is C25H17ClFNO3. The van der Waals surface area contributed by atoms with Gasteiger partial charge in [-0.15, -0.1) is 0 Å². The SMILES string of the molecule is Cc1ccc2oc3c(c(=O)c2c1)[C@H](c1ccccc1F)N(Cc1ccccc1Cl)C3=O. The van der Waals surface area contributed by atoms with Gasteiger partial charge < -0.3 is 9.32 Å². The van der Waals surface area contributed by atoms with Gasteiger partial charge in [0.15, 0.2) is 5.43 Å². The van der Waals surface area contributed by atoms with E-state index in [4.69, 9.17) is 16.0 Å². The highest BCUT2D eigenvalue weighted by atomic mass is 35.5. The zero-order valence-electron chi connectivity index (χ0n) is 16.6. The van der Waals surface area contributed by atoms with Crippen LogP contribution in [0.5, 0.6) is 0 Å². The lowest BCUT2D eigenvalue weighted by atomic mass is 9.97. The van der Waals surface area contributed by atoms with Crippen molar-refractivity contribution in [3.63, 3.8) is 0 Å². The van der Waals surface area contributed by atoms with Gasteiger partial charge in [-0.25, -0.2) is 4.39 Å². The van der Waals surface area contributed by atoms with Crippen LogP contribution >= 0.6 is 11.6 Å². The van der Waals surface area contributed by atoms with E-state index in [2.05, 4.69) is 0 Å². The minimum Gasteiger partial charge on any atom is -0.450 e. The normalized spacial score (nSPS) is 15.5. The van der Waals surface area contributed by atoms with Crippen LogP contribution in [0.15, 0.2) is 75.9 Å². The highest BCUT2D eigenvalue weighted by Gasteiger charge is 2.43. The summed E-state index contributed by atoms with van der Waals surface area (Å²) in [6.45, 7) is 1.98. The lowest BCUT2D eigenvalue weighted by molar-refractivity contribution is 0.0712. The summed E-state index contributed by atoms with van der Waals surface area (Å²) >= 11 is 6.32. The van der Waals surface area contributed by atoms with E-state index in [0.29, 0.717) is 21.6 Å². The molecule has 0 unspecified atom stereocenters. The molecule has 0 N–H and O–H groups in total. The quantitative estimate of drug-likeness (QED) is 0.420. The Morgan fingerprint density at radius 2 is 1.77 bits per heavy atom. The predicted molar refractivity (Wildman–Crippen MR) is 117 cm³/mol. The van der Waals surface area contributed by atoms with Gasteiger partial charge in [0, 0.05) is 17.1 Å². The molecule has 4 aromatic rings. The average Bonchev–Trinajstić information content (AvgIpc) is 3.03. The van der Waals surface area contributed by atoms with Crippen molar-refractivity contribution in [3.8, 4) is 0 Å². The van der Waals surface area contributed by atoms with E-state index >= 15 is 0 Å². The molecule has 0 saturated carbocycles. The standard InChI is InChI=1S/C25H17ClFNO3/c1-14-10-11-20-17(12-14)23(29)21-22(16-7-3-5-9-19(16)27)28(25(30)24(21)31-20)13-15-6-2-4-8-18(15)26/h2-12,22H,13H2,1H3/t22-/m0/s1. The van der Waals surface area contributed by atoms with Gasteiger partial charge in [-0.2, -0.15) is 0 Å². The number of carbonyl (C=O) groups excluding carboxylic acids is 1. The van der Waals surface area contributed by atoms with Crippen molar-refractivity contribution in [2.24, 2.45) is 0 Å². The molecule has 1 atom stereocenters. The van der Waals surface area contributed by atoms with Crippen LogP contribution in [0.1, 0.15) is 38.9 Å². The molecule has 0 aliphatic carbocycles. The van der Waals surface area contributed by atoms with E-state index in [-0.39, 0.29) is 28.9 Å². The van der Waals surface area contributed by atoms with E-state index in [1.54, 1.807) is 48.5 Å². The van der Waals surface area contributed by atoms with E-state index in [9.17, 15) is 14.0 Å². The summed E-state index contributed by atoms with van der Waals surface area (Å²) in [4.78, 5) is 28.3.